The molecule has 1 aliphatic heterocycles. The van der Waals surface area contributed by atoms with E-state index in [9.17, 15) is 9.59 Å². The molecule has 122 valence electrons. The summed E-state index contributed by atoms with van der Waals surface area (Å²) in [6.07, 6.45) is 2.66. The number of nitrogens with one attached hydrogen (secondary N) is 2. The van der Waals surface area contributed by atoms with Crippen molar-refractivity contribution in [3.63, 3.8) is 0 Å². The second-order valence-corrected chi connectivity index (χ2v) is 5.86. The summed E-state index contributed by atoms with van der Waals surface area (Å²) in [5, 5.41) is 6.79. The fourth-order valence-electron chi connectivity index (χ4n) is 2.47. The number of halogens is 2. The molecule has 1 aromatic rings. The standard InChI is InChI=1S/C16H21ClN2O2.ClH/c17-14-3-1-13(2-4-14)15(20)5-6-16(21)19-10-8-12-7-9-18-11-12;/h1-4,12,18H,5-11H2,(H,19,21);1H. The van der Waals surface area contributed by atoms with Crippen LogP contribution >= 0.6 is 24.0 Å². The van der Waals surface area contributed by atoms with E-state index in [1.807, 2.05) is 0 Å². The molecule has 0 bridgehead atoms. The van der Waals surface area contributed by atoms with Crippen LogP contribution in [0.4, 0.5) is 0 Å². The maximum Gasteiger partial charge on any atom is 0.220 e. The molecule has 1 unspecified atom stereocenters. The van der Waals surface area contributed by atoms with Crippen LogP contribution in [-0.2, 0) is 4.79 Å². The molecule has 1 saturated heterocycles. The number of hydrogen-bond acceptors (Lipinski definition) is 3. The highest BCUT2D eigenvalue weighted by Gasteiger charge is 2.14. The van der Waals surface area contributed by atoms with E-state index < -0.39 is 0 Å². The molecule has 1 atom stereocenters. The molecule has 0 saturated carbocycles. The Hall–Kier alpha value is -1.10. The largest absolute Gasteiger partial charge is 0.356 e. The van der Waals surface area contributed by atoms with Gasteiger partial charge in [0, 0.05) is 30.0 Å². The molecule has 2 rings (SSSR count). The Morgan fingerprint density at radius 1 is 1.23 bits per heavy atom. The lowest BCUT2D eigenvalue weighted by Crippen LogP contribution is -2.26. The lowest BCUT2D eigenvalue weighted by molar-refractivity contribution is -0.121. The van der Waals surface area contributed by atoms with E-state index in [0.717, 1.165) is 19.5 Å². The molecule has 6 heteroatoms. The highest BCUT2D eigenvalue weighted by molar-refractivity contribution is 6.30. The summed E-state index contributed by atoms with van der Waals surface area (Å²) < 4.78 is 0. The second kappa shape index (κ2) is 9.82. The van der Waals surface area contributed by atoms with E-state index in [1.165, 1.54) is 6.42 Å². The van der Waals surface area contributed by atoms with Crippen LogP contribution in [-0.4, -0.2) is 31.3 Å². The Bertz CT molecular complexity index is 485. The normalized spacial score (nSPS) is 16.9. The summed E-state index contributed by atoms with van der Waals surface area (Å²) in [5.41, 5.74) is 0.601. The van der Waals surface area contributed by atoms with Gasteiger partial charge >= 0.3 is 0 Å². The van der Waals surface area contributed by atoms with Crippen molar-refractivity contribution in [2.45, 2.75) is 25.7 Å². The molecule has 0 aliphatic carbocycles. The second-order valence-electron chi connectivity index (χ2n) is 5.43. The van der Waals surface area contributed by atoms with Gasteiger partial charge in [0.15, 0.2) is 5.78 Å². The van der Waals surface area contributed by atoms with Crippen molar-refractivity contribution in [1.82, 2.24) is 10.6 Å². The Kier molecular flexibility index (Phi) is 8.46. The highest BCUT2D eigenvalue weighted by atomic mass is 35.5. The quantitative estimate of drug-likeness (QED) is 0.747. The number of benzene rings is 1. The first-order chi connectivity index (χ1) is 10.1. The first kappa shape index (κ1) is 18.9. The van der Waals surface area contributed by atoms with Crippen molar-refractivity contribution < 1.29 is 9.59 Å². The first-order valence-electron chi connectivity index (χ1n) is 7.41. The van der Waals surface area contributed by atoms with Crippen LogP contribution in [0.15, 0.2) is 24.3 Å². The number of Topliss-reactive ketones (excluding diaryl/α,β-unsaturated/α-hetero) is 1. The predicted octanol–water partition coefficient (Wildman–Crippen LogP) is 2.84. The monoisotopic (exact) mass is 344 g/mol. The lowest BCUT2D eigenvalue weighted by atomic mass is 10.0. The van der Waals surface area contributed by atoms with Gasteiger partial charge in [-0.25, -0.2) is 0 Å². The van der Waals surface area contributed by atoms with Crippen molar-refractivity contribution >= 4 is 35.7 Å². The molecule has 1 aromatic carbocycles. The van der Waals surface area contributed by atoms with Gasteiger partial charge in [0.25, 0.3) is 0 Å². The molecule has 4 nitrogen and oxygen atoms in total. The van der Waals surface area contributed by atoms with E-state index >= 15 is 0 Å². The highest BCUT2D eigenvalue weighted by Crippen LogP contribution is 2.12. The minimum atomic E-state index is -0.0525. The summed E-state index contributed by atoms with van der Waals surface area (Å²) in [6.45, 7) is 2.82. The fraction of sp³-hybridized carbons (Fsp3) is 0.500. The van der Waals surface area contributed by atoms with Gasteiger partial charge in [0.2, 0.25) is 5.91 Å². The molecular weight excluding hydrogens is 323 g/mol. The molecule has 1 aliphatic rings. The summed E-state index contributed by atoms with van der Waals surface area (Å²) in [7, 11) is 0. The number of carbonyl (C=O) groups is 2. The Labute approximate surface area is 142 Å². The number of ketones is 1. The Morgan fingerprint density at radius 2 is 1.95 bits per heavy atom. The average molecular weight is 345 g/mol. The van der Waals surface area contributed by atoms with Crippen molar-refractivity contribution in [3.8, 4) is 0 Å². The van der Waals surface area contributed by atoms with Crippen LogP contribution in [0.5, 0.6) is 0 Å². The molecule has 22 heavy (non-hydrogen) atoms. The van der Waals surface area contributed by atoms with Crippen molar-refractivity contribution in [2.24, 2.45) is 5.92 Å². The Morgan fingerprint density at radius 3 is 2.59 bits per heavy atom. The van der Waals surface area contributed by atoms with Crippen LogP contribution in [0.1, 0.15) is 36.0 Å². The van der Waals surface area contributed by atoms with E-state index in [2.05, 4.69) is 10.6 Å². The van der Waals surface area contributed by atoms with Crippen molar-refractivity contribution in [2.75, 3.05) is 19.6 Å². The summed E-state index contributed by atoms with van der Waals surface area (Å²) in [4.78, 5) is 23.6. The molecule has 0 aromatic heterocycles. The number of carbonyl (C=O) groups excluding carboxylic acids is 2. The minimum absolute atomic E-state index is 0. The van der Waals surface area contributed by atoms with Crippen molar-refractivity contribution in [3.05, 3.63) is 34.9 Å². The third-order valence-electron chi connectivity index (χ3n) is 3.78. The zero-order chi connectivity index (χ0) is 15.1. The molecule has 2 N–H and O–H groups in total. The van der Waals surface area contributed by atoms with Gasteiger partial charge in [0.1, 0.15) is 0 Å². The summed E-state index contributed by atoms with van der Waals surface area (Å²) >= 11 is 5.78. The summed E-state index contributed by atoms with van der Waals surface area (Å²) in [6, 6.07) is 6.75. The van der Waals surface area contributed by atoms with Crippen molar-refractivity contribution in [1.29, 1.82) is 0 Å². The Balaban J connectivity index is 0.00000242. The van der Waals surface area contributed by atoms with Gasteiger partial charge in [-0.1, -0.05) is 11.6 Å². The van der Waals surface area contributed by atoms with Gasteiger partial charge in [-0.15, -0.1) is 12.4 Å². The zero-order valence-corrected chi connectivity index (χ0v) is 14.0. The van der Waals surface area contributed by atoms with Crippen LogP contribution in [0, 0.1) is 5.92 Å². The van der Waals surface area contributed by atoms with Gasteiger partial charge in [-0.2, -0.15) is 0 Å². The molecule has 1 amide bonds. The number of amides is 1. The molecule has 1 fully saturated rings. The van der Waals surface area contributed by atoms with Gasteiger partial charge in [0.05, 0.1) is 0 Å². The number of rotatable bonds is 7. The number of hydrogen-bond donors (Lipinski definition) is 2. The topological polar surface area (TPSA) is 58.2 Å². The van der Waals surface area contributed by atoms with E-state index in [1.54, 1.807) is 24.3 Å². The smallest absolute Gasteiger partial charge is 0.220 e. The molecule has 0 radical (unpaired) electrons. The maximum absolute atomic E-state index is 11.9. The van der Waals surface area contributed by atoms with E-state index in [0.29, 0.717) is 23.0 Å². The van der Waals surface area contributed by atoms with Gasteiger partial charge in [-0.3, -0.25) is 9.59 Å². The van der Waals surface area contributed by atoms with Crippen LogP contribution in [0.3, 0.4) is 0 Å². The fourth-order valence-corrected chi connectivity index (χ4v) is 2.60. The SMILES string of the molecule is Cl.O=C(CCC(=O)c1ccc(Cl)cc1)NCCC1CCNC1. The van der Waals surface area contributed by atoms with Crippen LogP contribution < -0.4 is 10.6 Å². The first-order valence-corrected chi connectivity index (χ1v) is 7.79. The lowest BCUT2D eigenvalue weighted by Gasteiger charge is -2.09. The third-order valence-corrected chi connectivity index (χ3v) is 4.03. The predicted molar refractivity (Wildman–Crippen MR) is 90.9 cm³/mol. The van der Waals surface area contributed by atoms with Crippen LogP contribution in [0.2, 0.25) is 5.02 Å². The minimum Gasteiger partial charge on any atom is -0.356 e. The van der Waals surface area contributed by atoms with Crippen LogP contribution in [0.25, 0.3) is 0 Å². The van der Waals surface area contributed by atoms with Gasteiger partial charge in [-0.05, 0) is 56.1 Å². The van der Waals surface area contributed by atoms with E-state index in [4.69, 9.17) is 11.6 Å². The third kappa shape index (κ3) is 6.34. The average Bonchev–Trinajstić information content (AvgIpc) is 2.99. The zero-order valence-electron chi connectivity index (χ0n) is 12.4. The van der Waals surface area contributed by atoms with Gasteiger partial charge < -0.3 is 10.6 Å². The molecule has 1 heterocycles. The molecule has 0 spiro atoms. The van der Waals surface area contributed by atoms with E-state index in [-0.39, 0.29) is 36.9 Å². The maximum atomic E-state index is 11.9. The molecular formula is C16H22Cl2N2O2. The summed E-state index contributed by atoms with van der Waals surface area (Å²) in [5.74, 6) is 0.589.